The summed E-state index contributed by atoms with van der Waals surface area (Å²) in [6, 6.07) is 6.67. The van der Waals surface area contributed by atoms with Crippen LogP contribution in [0.25, 0.3) is 0 Å². The molecule has 0 bridgehead atoms. The number of nitrogens with one attached hydrogen (secondary N) is 1. The van der Waals surface area contributed by atoms with E-state index >= 15 is 0 Å². The van der Waals surface area contributed by atoms with Crippen LogP contribution in [0.5, 0.6) is 5.75 Å². The minimum atomic E-state index is -0.401. The molecular formula is C24H42NO2+. The highest BCUT2D eigenvalue weighted by atomic mass is 16.5. The van der Waals surface area contributed by atoms with Gasteiger partial charge in [0.25, 0.3) is 0 Å². The summed E-state index contributed by atoms with van der Waals surface area (Å²) < 4.78 is 6.17. The fourth-order valence-electron chi connectivity index (χ4n) is 3.83. The molecule has 1 heterocycles. The summed E-state index contributed by atoms with van der Waals surface area (Å²) in [4.78, 5) is 1.52. The molecule has 0 radical (unpaired) electrons. The summed E-state index contributed by atoms with van der Waals surface area (Å²) in [5.74, 6) is 0.935. The molecule has 0 amide bonds. The first-order valence-electron chi connectivity index (χ1n) is 11.0. The summed E-state index contributed by atoms with van der Waals surface area (Å²) >= 11 is 0. The third-order valence-corrected chi connectivity index (χ3v) is 6.77. The standard InChI is InChI=1S/C24H41NO2/c1-7-23(3,4)19-12-13-22(21(16-19)24(5,6)8-2)27-18-20(26)17-25-14-10-9-11-15-25/h12-13,16,20,26H,7-11,14-15,17-18H2,1-6H3/p+1/t20-/m0/s1. The third-order valence-electron chi connectivity index (χ3n) is 6.77. The zero-order valence-electron chi connectivity index (χ0n) is 18.5. The van der Waals surface area contributed by atoms with Crippen molar-refractivity contribution in [1.82, 2.24) is 0 Å². The van der Waals surface area contributed by atoms with Crippen molar-refractivity contribution in [2.24, 2.45) is 0 Å². The lowest BCUT2D eigenvalue weighted by Crippen LogP contribution is -3.14. The first-order valence-corrected chi connectivity index (χ1v) is 11.0. The lowest BCUT2D eigenvalue weighted by Gasteiger charge is -2.31. The van der Waals surface area contributed by atoms with Gasteiger partial charge in [0.1, 0.15) is 25.0 Å². The van der Waals surface area contributed by atoms with Crippen LogP contribution in [0.3, 0.4) is 0 Å². The van der Waals surface area contributed by atoms with Gasteiger partial charge in [0.15, 0.2) is 0 Å². The van der Waals surface area contributed by atoms with Crippen LogP contribution >= 0.6 is 0 Å². The summed E-state index contributed by atoms with van der Waals surface area (Å²) in [5.41, 5.74) is 2.85. The molecule has 1 aromatic rings. The van der Waals surface area contributed by atoms with Crippen molar-refractivity contribution in [3.63, 3.8) is 0 Å². The van der Waals surface area contributed by atoms with Gasteiger partial charge >= 0.3 is 0 Å². The predicted molar refractivity (Wildman–Crippen MR) is 114 cm³/mol. The molecule has 0 aromatic heterocycles. The van der Waals surface area contributed by atoms with Crippen molar-refractivity contribution in [2.75, 3.05) is 26.2 Å². The molecule has 27 heavy (non-hydrogen) atoms. The number of ether oxygens (including phenoxy) is 1. The van der Waals surface area contributed by atoms with Crippen LogP contribution in [-0.4, -0.2) is 37.5 Å². The van der Waals surface area contributed by atoms with Crippen LogP contribution in [-0.2, 0) is 10.8 Å². The molecule has 3 heteroatoms. The van der Waals surface area contributed by atoms with Gasteiger partial charge in [0.2, 0.25) is 0 Å². The number of hydrogen-bond donors (Lipinski definition) is 2. The highest BCUT2D eigenvalue weighted by Gasteiger charge is 2.27. The molecule has 3 nitrogen and oxygen atoms in total. The third kappa shape index (κ3) is 5.96. The van der Waals surface area contributed by atoms with Crippen LogP contribution in [0.2, 0.25) is 0 Å². The second-order valence-corrected chi connectivity index (χ2v) is 9.67. The minimum absolute atomic E-state index is 0.0538. The monoisotopic (exact) mass is 376 g/mol. The van der Waals surface area contributed by atoms with Gasteiger partial charge in [-0.3, -0.25) is 0 Å². The smallest absolute Gasteiger partial charge is 0.137 e. The molecule has 1 aliphatic heterocycles. The van der Waals surface area contributed by atoms with E-state index in [1.54, 1.807) is 0 Å². The van der Waals surface area contributed by atoms with Crippen LogP contribution in [0.4, 0.5) is 0 Å². The minimum Gasteiger partial charge on any atom is -0.490 e. The topological polar surface area (TPSA) is 33.9 Å². The number of rotatable bonds is 9. The fourth-order valence-corrected chi connectivity index (χ4v) is 3.83. The number of aliphatic hydroxyl groups excluding tert-OH is 1. The van der Waals surface area contributed by atoms with E-state index < -0.39 is 6.10 Å². The summed E-state index contributed by atoms with van der Waals surface area (Å²) in [7, 11) is 0. The molecule has 2 N–H and O–H groups in total. The van der Waals surface area contributed by atoms with E-state index in [1.807, 2.05) is 0 Å². The molecule has 0 unspecified atom stereocenters. The molecule has 154 valence electrons. The average molecular weight is 377 g/mol. The first kappa shape index (κ1) is 22.2. The van der Waals surface area contributed by atoms with Gasteiger partial charge in [-0.05, 0) is 54.6 Å². The summed E-state index contributed by atoms with van der Waals surface area (Å²) in [6.45, 7) is 17.2. The number of hydrogen-bond acceptors (Lipinski definition) is 2. The predicted octanol–water partition coefficient (Wildman–Crippen LogP) is 3.87. The Labute approximate surface area is 167 Å². The van der Waals surface area contributed by atoms with Gasteiger partial charge in [-0.15, -0.1) is 0 Å². The van der Waals surface area contributed by atoms with Gasteiger partial charge in [0, 0.05) is 5.56 Å². The molecule has 2 rings (SSSR count). The van der Waals surface area contributed by atoms with Crippen molar-refractivity contribution in [2.45, 2.75) is 90.6 Å². The number of likely N-dealkylation sites (tertiary alicyclic amines) is 1. The Balaban J connectivity index is 2.12. The Bertz CT molecular complexity index is 588. The van der Waals surface area contributed by atoms with Crippen LogP contribution < -0.4 is 9.64 Å². The number of piperidine rings is 1. The maximum atomic E-state index is 10.5. The van der Waals surface area contributed by atoms with E-state index in [9.17, 15) is 5.11 Å². The Morgan fingerprint density at radius 3 is 2.22 bits per heavy atom. The average Bonchev–Trinajstić information content (AvgIpc) is 2.67. The maximum absolute atomic E-state index is 10.5. The molecule has 0 spiro atoms. The number of quaternary nitrogens is 1. The molecule has 0 saturated carbocycles. The second-order valence-electron chi connectivity index (χ2n) is 9.67. The van der Waals surface area contributed by atoms with E-state index in [-0.39, 0.29) is 10.8 Å². The van der Waals surface area contributed by atoms with Gasteiger partial charge in [0.05, 0.1) is 13.1 Å². The zero-order chi connectivity index (χ0) is 20.1. The van der Waals surface area contributed by atoms with E-state index in [1.165, 1.54) is 48.4 Å². The van der Waals surface area contributed by atoms with Crippen molar-refractivity contribution in [3.8, 4) is 5.75 Å². The van der Waals surface area contributed by atoms with Gasteiger partial charge in [-0.25, -0.2) is 0 Å². The van der Waals surface area contributed by atoms with E-state index in [0.29, 0.717) is 6.61 Å². The van der Waals surface area contributed by atoms with Crippen LogP contribution in [0.1, 0.15) is 84.8 Å². The lowest BCUT2D eigenvalue weighted by molar-refractivity contribution is -0.908. The number of aliphatic hydroxyl groups is 1. The molecule has 1 saturated heterocycles. The Kier molecular flexibility index (Phi) is 7.76. The molecular weight excluding hydrogens is 334 g/mol. The fraction of sp³-hybridized carbons (Fsp3) is 0.750. The summed E-state index contributed by atoms with van der Waals surface area (Å²) in [5, 5.41) is 10.5. The van der Waals surface area contributed by atoms with Gasteiger partial charge in [-0.2, -0.15) is 0 Å². The van der Waals surface area contributed by atoms with Crippen LogP contribution in [0, 0.1) is 0 Å². The van der Waals surface area contributed by atoms with Crippen molar-refractivity contribution in [1.29, 1.82) is 0 Å². The molecule has 1 aliphatic rings. The largest absolute Gasteiger partial charge is 0.490 e. The van der Waals surface area contributed by atoms with E-state index in [2.05, 4.69) is 59.7 Å². The molecule has 1 fully saturated rings. The molecule has 1 aromatic carbocycles. The van der Waals surface area contributed by atoms with E-state index in [4.69, 9.17) is 4.74 Å². The van der Waals surface area contributed by atoms with Crippen LogP contribution in [0.15, 0.2) is 18.2 Å². The van der Waals surface area contributed by atoms with E-state index in [0.717, 1.165) is 25.1 Å². The van der Waals surface area contributed by atoms with Crippen molar-refractivity contribution >= 4 is 0 Å². The Morgan fingerprint density at radius 2 is 1.63 bits per heavy atom. The SMILES string of the molecule is CCC(C)(C)c1ccc(OC[C@@H](O)C[NH+]2CCCCC2)c(C(C)(C)CC)c1. The first-order chi connectivity index (χ1) is 12.7. The lowest BCUT2D eigenvalue weighted by atomic mass is 9.76. The molecule has 0 aliphatic carbocycles. The van der Waals surface area contributed by atoms with Gasteiger partial charge in [-0.1, -0.05) is 53.7 Å². The quantitative estimate of drug-likeness (QED) is 0.686. The van der Waals surface area contributed by atoms with Crippen molar-refractivity contribution in [3.05, 3.63) is 29.3 Å². The molecule has 1 atom stereocenters. The number of benzene rings is 1. The van der Waals surface area contributed by atoms with Gasteiger partial charge < -0.3 is 14.7 Å². The highest BCUT2D eigenvalue weighted by Crippen LogP contribution is 2.38. The zero-order valence-corrected chi connectivity index (χ0v) is 18.5. The second kappa shape index (κ2) is 9.43. The Hall–Kier alpha value is -1.06. The Morgan fingerprint density at radius 1 is 1.00 bits per heavy atom. The normalized spacial score (nSPS) is 17.7. The maximum Gasteiger partial charge on any atom is 0.137 e. The highest BCUT2D eigenvalue weighted by molar-refractivity contribution is 5.44. The summed E-state index contributed by atoms with van der Waals surface area (Å²) in [6.07, 6.45) is 5.67. The van der Waals surface area contributed by atoms with Crippen molar-refractivity contribution < 1.29 is 14.7 Å².